The number of ether oxygens (including phenoxy) is 1. The van der Waals surface area contributed by atoms with Crippen molar-refractivity contribution in [3.8, 4) is 5.75 Å². The standard InChI is InChI=1S/C18H14FNO2/c1-22-17-7-3-4-14-15(17)5-2-6-16(14)20-18(21)12-8-10-13(19)11-9-12/h2-11H,1H3,(H,20,21). The maximum absolute atomic E-state index is 12.9. The molecular formula is C18H14FNO2. The molecule has 22 heavy (non-hydrogen) atoms. The number of amides is 1. The van der Waals surface area contributed by atoms with Crippen LogP contribution >= 0.6 is 0 Å². The summed E-state index contributed by atoms with van der Waals surface area (Å²) in [6, 6.07) is 16.7. The van der Waals surface area contributed by atoms with E-state index in [2.05, 4.69) is 5.32 Å². The first-order chi connectivity index (χ1) is 10.7. The molecule has 1 amide bonds. The number of rotatable bonds is 3. The number of halogens is 1. The van der Waals surface area contributed by atoms with Crippen molar-refractivity contribution in [1.29, 1.82) is 0 Å². The third kappa shape index (κ3) is 2.63. The van der Waals surface area contributed by atoms with Crippen LogP contribution in [0.2, 0.25) is 0 Å². The van der Waals surface area contributed by atoms with E-state index in [9.17, 15) is 9.18 Å². The molecule has 0 aliphatic carbocycles. The van der Waals surface area contributed by atoms with Crippen LogP contribution in [0.1, 0.15) is 10.4 Å². The van der Waals surface area contributed by atoms with Crippen molar-refractivity contribution < 1.29 is 13.9 Å². The van der Waals surface area contributed by atoms with Gasteiger partial charge in [-0.05, 0) is 36.4 Å². The molecule has 3 nitrogen and oxygen atoms in total. The van der Waals surface area contributed by atoms with Crippen LogP contribution in [-0.2, 0) is 0 Å². The van der Waals surface area contributed by atoms with Crippen molar-refractivity contribution in [2.24, 2.45) is 0 Å². The average molecular weight is 295 g/mol. The molecule has 110 valence electrons. The van der Waals surface area contributed by atoms with Crippen LogP contribution in [-0.4, -0.2) is 13.0 Å². The van der Waals surface area contributed by atoms with Crippen LogP contribution in [0.25, 0.3) is 10.8 Å². The molecule has 0 saturated carbocycles. The fraction of sp³-hybridized carbons (Fsp3) is 0.0556. The van der Waals surface area contributed by atoms with Crippen LogP contribution in [0.4, 0.5) is 10.1 Å². The minimum absolute atomic E-state index is 0.282. The highest BCUT2D eigenvalue weighted by Gasteiger charge is 2.10. The van der Waals surface area contributed by atoms with Gasteiger partial charge in [-0.2, -0.15) is 0 Å². The van der Waals surface area contributed by atoms with Crippen LogP contribution in [0.5, 0.6) is 5.75 Å². The Hall–Kier alpha value is -2.88. The summed E-state index contributed by atoms with van der Waals surface area (Å²) < 4.78 is 18.3. The van der Waals surface area contributed by atoms with Crippen molar-refractivity contribution in [2.45, 2.75) is 0 Å². The SMILES string of the molecule is COc1cccc2c(NC(=O)c3ccc(F)cc3)cccc12. The number of methoxy groups -OCH3 is 1. The lowest BCUT2D eigenvalue weighted by molar-refractivity contribution is 0.102. The van der Waals surface area contributed by atoms with Gasteiger partial charge in [-0.25, -0.2) is 4.39 Å². The topological polar surface area (TPSA) is 38.3 Å². The number of nitrogens with one attached hydrogen (secondary N) is 1. The van der Waals surface area contributed by atoms with Crippen LogP contribution in [0.3, 0.4) is 0 Å². The summed E-state index contributed by atoms with van der Waals surface area (Å²) in [5.41, 5.74) is 1.09. The number of anilines is 1. The summed E-state index contributed by atoms with van der Waals surface area (Å²) in [4.78, 5) is 12.3. The van der Waals surface area contributed by atoms with Gasteiger partial charge in [0, 0.05) is 22.0 Å². The molecule has 0 aliphatic heterocycles. The monoisotopic (exact) mass is 295 g/mol. The molecule has 4 heteroatoms. The lowest BCUT2D eigenvalue weighted by Crippen LogP contribution is -2.12. The highest BCUT2D eigenvalue weighted by Crippen LogP contribution is 2.30. The fourth-order valence-corrected chi connectivity index (χ4v) is 2.36. The molecule has 0 unspecified atom stereocenters. The van der Waals surface area contributed by atoms with Crippen molar-refractivity contribution >= 4 is 22.4 Å². The Balaban J connectivity index is 1.97. The number of benzene rings is 3. The molecular weight excluding hydrogens is 281 g/mol. The first-order valence-electron chi connectivity index (χ1n) is 6.81. The summed E-state index contributed by atoms with van der Waals surface area (Å²) in [6.45, 7) is 0. The van der Waals surface area contributed by atoms with E-state index >= 15 is 0 Å². The molecule has 0 heterocycles. The van der Waals surface area contributed by atoms with Crippen molar-refractivity contribution in [1.82, 2.24) is 0 Å². The van der Waals surface area contributed by atoms with E-state index in [0.29, 0.717) is 11.3 Å². The molecule has 0 bridgehead atoms. The minimum Gasteiger partial charge on any atom is -0.496 e. The van der Waals surface area contributed by atoms with Gasteiger partial charge in [0.2, 0.25) is 0 Å². The highest BCUT2D eigenvalue weighted by atomic mass is 19.1. The number of hydrogen-bond donors (Lipinski definition) is 1. The molecule has 0 fully saturated rings. The number of carbonyl (C=O) groups is 1. The van der Waals surface area contributed by atoms with Crippen LogP contribution < -0.4 is 10.1 Å². The van der Waals surface area contributed by atoms with Gasteiger partial charge in [0.1, 0.15) is 11.6 Å². The van der Waals surface area contributed by atoms with Gasteiger partial charge in [-0.15, -0.1) is 0 Å². The van der Waals surface area contributed by atoms with Crippen LogP contribution in [0, 0.1) is 5.82 Å². The van der Waals surface area contributed by atoms with E-state index in [1.54, 1.807) is 7.11 Å². The number of carbonyl (C=O) groups excluding carboxylic acids is 1. The smallest absolute Gasteiger partial charge is 0.255 e. The number of hydrogen-bond acceptors (Lipinski definition) is 2. The average Bonchev–Trinajstić information content (AvgIpc) is 2.55. The zero-order chi connectivity index (χ0) is 15.5. The Morgan fingerprint density at radius 2 is 1.64 bits per heavy atom. The van der Waals surface area contributed by atoms with E-state index < -0.39 is 0 Å². The van der Waals surface area contributed by atoms with E-state index in [1.165, 1.54) is 24.3 Å². The Bertz CT molecular complexity index is 828. The lowest BCUT2D eigenvalue weighted by atomic mass is 10.1. The van der Waals surface area contributed by atoms with E-state index in [4.69, 9.17) is 4.74 Å². The summed E-state index contributed by atoms with van der Waals surface area (Å²) in [5, 5.41) is 4.66. The first kappa shape index (κ1) is 14.1. The van der Waals surface area contributed by atoms with Crippen LogP contribution in [0.15, 0.2) is 60.7 Å². The second kappa shape index (κ2) is 5.85. The molecule has 3 aromatic carbocycles. The summed E-state index contributed by atoms with van der Waals surface area (Å²) in [7, 11) is 1.61. The van der Waals surface area contributed by atoms with Gasteiger partial charge in [-0.1, -0.05) is 24.3 Å². The molecule has 0 radical (unpaired) electrons. The normalized spacial score (nSPS) is 10.5. The third-order valence-electron chi connectivity index (χ3n) is 3.46. The second-order valence-corrected chi connectivity index (χ2v) is 4.82. The first-order valence-corrected chi connectivity index (χ1v) is 6.81. The maximum Gasteiger partial charge on any atom is 0.255 e. The zero-order valence-electron chi connectivity index (χ0n) is 12.0. The summed E-state index contributed by atoms with van der Waals surface area (Å²) in [5.74, 6) is 0.0946. The van der Waals surface area contributed by atoms with Gasteiger partial charge >= 0.3 is 0 Å². The van der Waals surface area contributed by atoms with Gasteiger partial charge in [0.25, 0.3) is 5.91 Å². The fourth-order valence-electron chi connectivity index (χ4n) is 2.36. The molecule has 0 aromatic heterocycles. The quantitative estimate of drug-likeness (QED) is 0.785. The Morgan fingerprint density at radius 3 is 2.36 bits per heavy atom. The Labute approximate surface area is 127 Å². The molecule has 1 N–H and O–H groups in total. The predicted octanol–water partition coefficient (Wildman–Crippen LogP) is 4.24. The minimum atomic E-state index is -0.369. The molecule has 0 atom stereocenters. The second-order valence-electron chi connectivity index (χ2n) is 4.82. The largest absolute Gasteiger partial charge is 0.496 e. The molecule has 0 aliphatic rings. The molecule has 3 rings (SSSR count). The number of fused-ring (bicyclic) bond motifs is 1. The summed E-state index contributed by atoms with van der Waals surface area (Å²) >= 11 is 0. The predicted molar refractivity (Wildman–Crippen MR) is 84.9 cm³/mol. The molecule has 0 spiro atoms. The maximum atomic E-state index is 12.9. The highest BCUT2D eigenvalue weighted by molar-refractivity contribution is 6.09. The Kier molecular flexibility index (Phi) is 3.74. The Morgan fingerprint density at radius 1 is 0.955 bits per heavy atom. The van der Waals surface area contributed by atoms with Gasteiger partial charge in [0.05, 0.1) is 7.11 Å². The lowest BCUT2D eigenvalue weighted by Gasteiger charge is -2.11. The molecule has 3 aromatic rings. The van der Waals surface area contributed by atoms with Crippen molar-refractivity contribution in [3.05, 3.63) is 72.0 Å². The van der Waals surface area contributed by atoms with E-state index in [1.807, 2.05) is 36.4 Å². The van der Waals surface area contributed by atoms with E-state index in [0.717, 1.165) is 16.5 Å². The van der Waals surface area contributed by atoms with Crippen molar-refractivity contribution in [3.63, 3.8) is 0 Å². The third-order valence-corrected chi connectivity index (χ3v) is 3.46. The van der Waals surface area contributed by atoms with Gasteiger partial charge in [0.15, 0.2) is 0 Å². The van der Waals surface area contributed by atoms with Crippen molar-refractivity contribution in [2.75, 3.05) is 12.4 Å². The van der Waals surface area contributed by atoms with Gasteiger partial charge in [-0.3, -0.25) is 4.79 Å². The van der Waals surface area contributed by atoms with Gasteiger partial charge < -0.3 is 10.1 Å². The zero-order valence-corrected chi connectivity index (χ0v) is 12.0. The summed E-state index contributed by atoms with van der Waals surface area (Å²) in [6.07, 6.45) is 0. The molecule has 0 saturated heterocycles. The van der Waals surface area contributed by atoms with E-state index in [-0.39, 0.29) is 11.7 Å².